The van der Waals surface area contributed by atoms with Crippen LogP contribution in [0.4, 0.5) is 0 Å². The number of likely N-dealkylation sites (N-methyl/N-ethyl adjacent to an activating group) is 1. The number of rotatable bonds is 6. The molecule has 0 aliphatic carbocycles. The number of H-pyrrole nitrogens is 1. The van der Waals surface area contributed by atoms with Crippen molar-refractivity contribution in [3.8, 4) is 5.75 Å². The van der Waals surface area contributed by atoms with Crippen LogP contribution in [0.15, 0.2) is 53.3 Å². The number of aromatic nitrogens is 2. The van der Waals surface area contributed by atoms with E-state index in [9.17, 15) is 4.79 Å². The second-order valence-electron chi connectivity index (χ2n) is 5.57. The summed E-state index contributed by atoms with van der Waals surface area (Å²) >= 11 is 5.84. The van der Waals surface area contributed by atoms with Crippen LogP contribution in [0, 0.1) is 0 Å². The third-order valence-electron chi connectivity index (χ3n) is 3.64. The van der Waals surface area contributed by atoms with Gasteiger partial charge in [0, 0.05) is 11.6 Å². The number of hydrogen-bond donors (Lipinski definition) is 1. The van der Waals surface area contributed by atoms with Crippen molar-refractivity contribution in [2.24, 2.45) is 0 Å². The zero-order chi connectivity index (χ0) is 16.9. The fraction of sp³-hybridized carbons (Fsp3) is 0.222. The minimum absolute atomic E-state index is 0.110. The van der Waals surface area contributed by atoms with E-state index in [0.29, 0.717) is 41.4 Å². The number of fused-ring (bicyclic) bond motifs is 1. The molecule has 24 heavy (non-hydrogen) atoms. The average Bonchev–Trinajstić information content (AvgIpc) is 2.57. The Morgan fingerprint density at radius 1 is 1.17 bits per heavy atom. The zero-order valence-corrected chi connectivity index (χ0v) is 14.1. The highest BCUT2D eigenvalue weighted by molar-refractivity contribution is 6.30. The lowest BCUT2D eigenvalue weighted by Gasteiger charge is -2.16. The number of nitrogens with one attached hydrogen (secondary N) is 1. The first kappa shape index (κ1) is 16.5. The van der Waals surface area contributed by atoms with Gasteiger partial charge in [-0.3, -0.25) is 9.69 Å². The van der Waals surface area contributed by atoms with Crippen LogP contribution in [0.25, 0.3) is 10.9 Å². The summed E-state index contributed by atoms with van der Waals surface area (Å²) in [6, 6.07) is 14.6. The van der Waals surface area contributed by atoms with Crippen molar-refractivity contribution in [1.82, 2.24) is 14.9 Å². The molecule has 5 nitrogen and oxygen atoms in total. The highest BCUT2D eigenvalue weighted by atomic mass is 35.5. The van der Waals surface area contributed by atoms with Crippen LogP contribution in [0.2, 0.25) is 5.02 Å². The summed E-state index contributed by atoms with van der Waals surface area (Å²) in [6.07, 6.45) is 0. The van der Waals surface area contributed by atoms with Gasteiger partial charge in [0.25, 0.3) is 5.56 Å². The maximum atomic E-state index is 12.1. The standard InChI is InChI=1S/C18H18ClN3O2/c1-22(10-11-24-14-8-6-13(19)7-9-14)12-17-20-16-5-3-2-4-15(16)18(23)21-17/h2-9H,10-12H2,1H3,(H,20,21,23). The van der Waals surface area contributed by atoms with Crippen LogP contribution >= 0.6 is 11.6 Å². The molecular formula is C18H18ClN3O2. The van der Waals surface area contributed by atoms with Crippen LogP contribution in [0.3, 0.4) is 0 Å². The molecule has 124 valence electrons. The minimum Gasteiger partial charge on any atom is -0.492 e. The number of benzene rings is 2. The summed E-state index contributed by atoms with van der Waals surface area (Å²) in [4.78, 5) is 21.4. The van der Waals surface area contributed by atoms with E-state index in [0.717, 1.165) is 5.75 Å². The number of hydrogen-bond acceptors (Lipinski definition) is 4. The van der Waals surface area contributed by atoms with E-state index in [4.69, 9.17) is 16.3 Å². The van der Waals surface area contributed by atoms with Crippen LogP contribution in [-0.4, -0.2) is 35.1 Å². The van der Waals surface area contributed by atoms with Gasteiger partial charge in [0.05, 0.1) is 17.4 Å². The average molecular weight is 344 g/mol. The monoisotopic (exact) mass is 343 g/mol. The maximum absolute atomic E-state index is 12.1. The second-order valence-corrected chi connectivity index (χ2v) is 6.01. The summed E-state index contributed by atoms with van der Waals surface area (Å²) in [5, 5.41) is 1.29. The lowest BCUT2D eigenvalue weighted by Crippen LogP contribution is -2.26. The first-order valence-electron chi connectivity index (χ1n) is 7.67. The Kier molecular flexibility index (Phi) is 5.13. The summed E-state index contributed by atoms with van der Waals surface area (Å²) in [7, 11) is 1.96. The molecule has 2 aromatic carbocycles. The van der Waals surface area contributed by atoms with Crippen LogP contribution in [0.1, 0.15) is 5.82 Å². The molecule has 3 aromatic rings. The van der Waals surface area contributed by atoms with Crippen molar-refractivity contribution < 1.29 is 4.74 Å². The summed E-state index contributed by atoms with van der Waals surface area (Å²) in [6.45, 7) is 1.79. The van der Waals surface area contributed by atoms with E-state index in [1.165, 1.54) is 0 Å². The normalized spacial score (nSPS) is 11.1. The Labute approximate surface area is 144 Å². The highest BCUT2D eigenvalue weighted by Crippen LogP contribution is 2.15. The molecule has 0 saturated heterocycles. The van der Waals surface area contributed by atoms with E-state index in [2.05, 4.69) is 9.97 Å². The molecule has 0 saturated carbocycles. The van der Waals surface area contributed by atoms with Gasteiger partial charge in [0.2, 0.25) is 0 Å². The molecule has 0 unspecified atom stereocenters. The molecule has 0 amide bonds. The molecule has 1 N–H and O–H groups in total. The molecule has 0 bridgehead atoms. The van der Waals surface area contributed by atoms with Gasteiger partial charge in [-0.05, 0) is 43.4 Å². The quantitative estimate of drug-likeness (QED) is 0.747. The highest BCUT2D eigenvalue weighted by Gasteiger charge is 2.06. The molecule has 0 aliphatic rings. The number of halogens is 1. The molecule has 6 heteroatoms. The van der Waals surface area contributed by atoms with Crippen molar-refractivity contribution in [3.63, 3.8) is 0 Å². The predicted molar refractivity (Wildman–Crippen MR) is 95.6 cm³/mol. The first-order valence-corrected chi connectivity index (χ1v) is 8.04. The Bertz CT molecular complexity index is 877. The molecule has 0 fully saturated rings. The van der Waals surface area contributed by atoms with Crippen molar-refractivity contribution in [2.75, 3.05) is 20.2 Å². The minimum atomic E-state index is -0.110. The van der Waals surface area contributed by atoms with Crippen molar-refractivity contribution in [1.29, 1.82) is 0 Å². The van der Waals surface area contributed by atoms with Crippen LogP contribution in [0.5, 0.6) is 5.75 Å². The molecule has 0 atom stereocenters. The Balaban J connectivity index is 1.57. The predicted octanol–water partition coefficient (Wildman–Crippen LogP) is 3.09. The van der Waals surface area contributed by atoms with Crippen LogP contribution in [-0.2, 0) is 6.54 Å². The Hall–Kier alpha value is -2.37. The number of ether oxygens (including phenoxy) is 1. The van der Waals surface area contributed by atoms with Gasteiger partial charge in [0.1, 0.15) is 18.2 Å². The van der Waals surface area contributed by atoms with Crippen LogP contribution < -0.4 is 10.3 Å². The summed E-state index contributed by atoms with van der Waals surface area (Å²) in [5.41, 5.74) is 0.600. The largest absolute Gasteiger partial charge is 0.492 e. The van der Waals surface area contributed by atoms with Gasteiger partial charge in [-0.1, -0.05) is 23.7 Å². The number of para-hydroxylation sites is 1. The van der Waals surface area contributed by atoms with E-state index in [1.807, 2.05) is 42.3 Å². The van der Waals surface area contributed by atoms with Gasteiger partial charge in [-0.15, -0.1) is 0 Å². The number of nitrogens with zero attached hydrogens (tertiary/aromatic N) is 2. The van der Waals surface area contributed by atoms with E-state index in [1.54, 1.807) is 18.2 Å². The van der Waals surface area contributed by atoms with Gasteiger partial charge in [-0.25, -0.2) is 4.98 Å². The molecular weight excluding hydrogens is 326 g/mol. The Morgan fingerprint density at radius 3 is 2.71 bits per heavy atom. The fourth-order valence-electron chi connectivity index (χ4n) is 2.39. The molecule has 1 aromatic heterocycles. The molecule has 3 rings (SSSR count). The molecule has 0 aliphatic heterocycles. The lowest BCUT2D eigenvalue weighted by molar-refractivity contribution is 0.230. The van der Waals surface area contributed by atoms with E-state index >= 15 is 0 Å². The lowest BCUT2D eigenvalue weighted by atomic mass is 10.2. The van der Waals surface area contributed by atoms with Gasteiger partial charge in [-0.2, -0.15) is 0 Å². The summed E-state index contributed by atoms with van der Waals surface area (Å²) in [5.74, 6) is 1.43. The molecule has 0 spiro atoms. The topological polar surface area (TPSA) is 58.2 Å². The third-order valence-corrected chi connectivity index (χ3v) is 3.89. The third kappa shape index (κ3) is 4.13. The zero-order valence-electron chi connectivity index (χ0n) is 13.3. The summed E-state index contributed by atoms with van der Waals surface area (Å²) < 4.78 is 5.67. The SMILES string of the molecule is CN(CCOc1ccc(Cl)cc1)Cc1nc2ccccc2c(=O)[nH]1. The smallest absolute Gasteiger partial charge is 0.258 e. The van der Waals surface area contributed by atoms with Crippen molar-refractivity contribution in [2.45, 2.75) is 6.54 Å². The maximum Gasteiger partial charge on any atom is 0.258 e. The van der Waals surface area contributed by atoms with Gasteiger partial charge >= 0.3 is 0 Å². The number of aromatic amines is 1. The fourth-order valence-corrected chi connectivity index (χ4v) is 2.52. The van der Waals surface area contributed by atoms with Gasteiger partial charge < -0.3 is 9.72 Å². The molecule has 0 radical (unpaired) electrons. The second kappa shape index (κ2) is 7.47. The Morgan fingerprint density at radius 2 is 1.92 bits per heavy atom. The first-order chi connectivity index (χ1) is 11.6. The van der Waals surface area contributed by atoms with Crippen molar-refractivity contribution >= 4 is 22.5 Å². The van der Waals surface area contributed by atoms with Gasteiger partial charge in [0.15, 0.2) is 0 Å². The van der Waals surface area contributed by atoms with Crippen molar-refractivity contribution in [3.05, 3.63) is 69.7 Å². The van der Waals surface area contributed by atoms with E-state index in [-0.39, 0.29) is 5.56 Å². The molecule has 1 heterocycles. The van der Waals surface area contributed by atoms with E-state index < -0.39 is 0 Å².